The molecule has 0 spiro atoms. The quantitative estimate of drug-likeness (QED) is 0.661. The fourth-order valence-corrected chi connectivity index (χ4v) is 3.60. The Morgan fingerprint density at radius 2 is 1.96 bits per heavy atom. The normalized spacial score (nSPS) is 12.4. The topological polar surface area (TPSA) is 64.2 Å². The van der Waals surface area contributed by atoms with Crippen LogP contribution < -0.4 is 5.32 Å². The number of nitrogens with zero attached hydrogens (tertiary/aromatic N) is 4. The molecular weight excluding hydrogens is 346 g/mol. The first-order valence-corrected chi connectivity index (χ1v) is 10.2. The van der Waals surface area contributed by atoms with Gasteiger partial charge in [0.25, 0.3) is 0 Å². The van der Waals surface area contributed by atoms with Crippen molar-refractivity contribution in [3.05, 3.63) is 53.7 Å². The number of fused-ring (bicyclic) bond motifs is 1. The first-order valence-electron chi connectivity index (χ1n) is 8.81. The lowest BCUT2D eigenvalue weighted by Gasteiger charge is -2.17. The number of aromatic nitrogens is 4. The highest BCUT2D eigenvalue weighted by Gasteiger charge is 2.20. The summed E-state index contributed by atoms with van der Waals surface area (Å²) in [5.74, 6) is 1.77. The Morgan fingerprint density at radius 1 is 1.19 bits per heavy atom. The second-order valence-corrected chi connectivity index (χ2v) is 7.39. The standard InChI is InChI=1S/C19H25N5OS/c1-14-7-8-15(2)23(14)12-9-18(25)20-16(10-13-26-3)19-22-21-17-6-4-5-11-24(17)19/h4-8,11,16H,9-10,12-13H2,1-3H3,(H,20,25)/t16-/m1/s1. The minimum atomic E-state index is -0.140. The number of thioether (sulfide) groups is 1. The van der Waals surface area contributed by atoms with Crippen LogP contribution in [0.5, 0.6) is 0 Å². The molecule has 0 aliphatic carbocycles. The third-order valence-electron chi connectivity index (χ3n) is 4.58. The Morgan fingerprint density at radius 3 is 2.69 bits per heavy atom. The van der Waals surface area contributed by atoms with Crippen LogP contribution in [0.25, 0.3) is 5.65 Å². The van der Waals surface area contributed by atoms with Crippen LogP contribution in [0.2, 0.25) is 0 Å². The maximum atomic E-state index is 12.6. The number of aryl methyl sites for hydroxylation is 2. The zero-order valence-electron chi connectivity index (χ0n) is 15.5. The van der Waals surface area contributed by atoms with Crippen LogP contribution in [-0.2, 0) is 11.3 Å². The number of hydrogen-bond acceptors (Lipinski definition) is 4. The molecule has 0 radical (unpaired) electrons. The lowest BCUT2D eigenvalue weighted by Crippen LogP contribution is -2.31. The highest BCUT2D eigenvalue weighted by Crippen LogP contribution is 2.18. The van der Waals surface area contributed by atoms with Gasteiger partial charge in [-0.3, -0.25) is 9.20 Å². The SMILES string of the molecule is CSCC[C@@H](NC(=O)CCn1c(C)ccc1C)c1nnc2ccccn12. The highest BCUT2D eigenvalue weighted by molar-refractivity contribution is 7.98. The van der Waals surface area contributed by atoms with Gasteiger partial charge in [-0.2, -0.15) is 11.8 Å². The van der Waals surface area contributed by atoms with Crippen molar-refractivity contribution in [2.75, 3.05) is 12.0 Å². The molecule has 1 N–H and O–H groups in total. The third-order valence-corrected chi connectivity index (χ3v) is 5.22. The molecule has 1 amide bonds. The van der Waals surface area contributed by atoms with E-state index in [0.717, 1.165) is 23.6 Å². The number of nitrogens with one attached hydrogen (secondary N) is 1. The maximum Gasteiger partial charge on any atom is 0.222 e. The molecule has 0 aromatic carbocycles. The van der Waals surface area contributed by atoms with Crippen LogP contribution in [0.15, 0.2) is 36.5 Å². The van der Waals surface area contributed by atoms with Crippen molar-refractivity contribution in [1.29, 1.82) is 0 Å². The number of carbonyl (C=O) groups is 1. The predicted octanol–water partition coefficient (Wildman–Crippen LogP) is 3.15. The Bertz CT molecular complexity index is 866. The molecule has 0 fully saturated rings. The molecule has 0 saturated heterocycles. The van der Waals surface area contributed by atoms with Gasteiger partial charge >= 0.3 is 0 Å². The van der Waals surface area contributed by atoms with Crippen LogP contribution in [-0.4, -0.2) is 37.1 Å². The van der Waals surface area contributed by atoms with Gasteiger partial charge in [0, 0.05) is 30.6 Å². The average Bonchev–Trinajstić information content (AvgIpc) is 3.20. The van der Waals surface area contributed by atoms with E-state index in [0.29, 0.717) is 13.0 Å². The van der Waals surface area contributed by atoms with Gasteiger partial charge in [-0.15, -0.1) is 10.2 Å². The molecule has 138 valence electrons. The lowest BCUT2D eigenvalue weighted by atomic mass is 10.2. The van der Waals surface area contributed by atoms with Crippen LogP contribution in [0.4, 0.5) is 0 Å². The van der Waals surface area contributed by atoms with Crippen molar-refractivity contribution in [3.63, 3.8) is 0 Å². The number of amides is 1. The van der Waals surface area contributed by atoms with Gasteiger partial charge in [-0.25, -0.2) is 0 Å². The summed E-state index contributed by atoms with van der Waals surface area (Å²) >= 11 is 1.76. The molecule has 3 rings (SSSR count). The van der Waals surface area contributed by atoms with Gasteiger partial charge in [0.15, 0.2) is 11.5 Å². The van der Waals surface area contributed by atoms with Crippen LogP contribution in [0.3, 0.4) is 0 Å². The molecule has 0 saturated carbocycles. The first kappa shape index (κ1) is 18.5. The molecule has 3 heterocycles. The molecule has 0 bridgehead atoms. The van der Waals surface area contributed by atoms with Crippen molar-refractivity contribution in [1.82, 2.24) is 24.5 Å². The van der Waals surface area contributed by atoms with Gasteiger partial charge in [0.2, 0.25) is 5.91 Å². The molecule has 1 atom stereocenters. The molecule has 0 aliphatic rings. The fraction of sp³-hybridized carbons (Fsp3) is 0.421. The Hall–Kier alpha value is -2.28. The second-order valence-electron chi connectivity index (χ2n) is 6.41. The zero-order chi connectivity index (χ0) is 18.5. The summed E-state index contributed by atoms with van der Waals surface area (Å²) in [4.78, 5) is 12.6. The number of rotatable bonds is 8. The number of pyridine rings is 1. The Labute approximate surface area is 158 Å². The van der Waals surface area contributed by atoms with E-state index >= 15 is 0 Å². The third kappa shape index (κ3) is 4.09. The van der Waals surface area contributed by atoms with Crippen molar-refractivity contribution in [3.8, 4) is 0 Å². The summed E-state index contributed by atoms with van der Waals surface area (Å²) in [6, 6.07) is 9.82. The van der Waals surface area contributed by atoms with Gasteiger partial charge in [0.05, 0.1) is 6.04 Å². The molecule has 26 heavy (non-hydrogen) atoms. The lowest BCUT2D eigenvalue weighted by molar-refractivity contribution is -0.122. The van der Waals surface area contributed by atoms with E-state index in [1.807, 2.05) is 28.8 Å². The molecule has 6 nitrogen and oxygen atoms in total. The molecular formula is C19H25N5OS. The van der Waals surface area contributed by atoms with Crippen LogP contribution >= 0.6 is 11.8 Å². The average molecular weight is 372 g/mol. The zero-order valence-corrected chi connectivity index (χ0v) is 16.3. The summed E-state index contributed by atoms with van der Waals surface area (Å²) in [6.07, 6.45) is 5.28. The summed E-state index contributed by atoms with van der Waals surface area (Å²) in [7, 11) is 0. The van der Waals surface area contributed by atoms with Gasteiger partial charge in [-0.05, 0) is 56.5 Å². The second kappa shape index (κ2) is 8.40. The molecule has 7 heteroatoms. The summed E-state index contributed by atoms with van der Waals surface area (Å²) in [6.45, 7) is 4.81. The number of hydrogen-bond donors (Lipinski definition) is 1. The van der Waals surface area contributed by atoms with E-state index in [-0.39, 0.29) is 11.9 Å². The number of carbonyl (C=O) groups excluding carboxylic acids is 1. The van der Waals surface area contributed by atoms with Crippen molar-refractivity contribution in [2.24, 2.45) is 0 Å². The van der Waals surface area contributed by atoms with Crippen LogP contribution in [0.1, 0.15) is 36.1 Å². The van der Waals surface area contributed by atoms with E-state index in [9.17, 15) is 4.79 Å². The summed E-state index contributed by atoms with van der Waals surface area (Å²) in [5, 5.41) is 11.7. The molecule has 0 unspecified atom stereocenters. The van der Waals surface area contributed by atoms with E-state index in [2.05, 4.69) is 52.3 Å². The van der Waals surface area contributed by atoms with E-state index in [4.69, 9.17) is 0 Å². The molecule has 3 aromatic rings. The smallest absolute Gasteiger partial charge is 0.222 e. The van der Waals surface area contributed by atoms with Gasteiger partial charge in [0.1, 0.15) is 0 Å². The summed E-state index contributed by atoms with van der Waals surface area (Å²) < 4.78 is 4.12. The van der Waals surface area contributed by atoms with Crippen molar-refractivity contribution < 1.29 is 4.79 Å². The minimum Gasteiger partial charge on any atom is -0.349 e. The largest absolute Gasteiger partial charge is 0.349 e. The van der Waals surface area contributed by atoms with Crippen LogP contribution in [0, 0.1) is 13.8 Å². The Kier molecular flexibility index (Phi) is 5.98. The monoisotopic (exact) mass is 371 g/mol. The molecule has 0 aliphatic heterocycles. The van der Waals surface area contributed by atoms with Gasteiger partial charge < -0.3 is 9.88 Å². The van der Waals surface area contributed by atoms with Crippen molar-refractivity contribution >= 4 is 23.3 Å². The Balaban J connectivity index is 1.71. The summed E-state index contributed by atoms with van der Waals surface area (Å²) in [5.41, 5.74) is 3.15. The first-order chi connectivity index (χ1) is 12.6. The van der Waals surface area contributed by atoms with E-state index < -0.39 is 0 Å². The highest BCUT2D eigenvalue weighted by atomic mass is 32.2. The van der Waals surface area contributed by atoms with E-state index in [1.165, 1.54) is 11.4 Å². The maximum absolute atomic E-state index is 12.6. The van der Waals surface area contributed by atoms with E-state index in [1.54, 1.807) is 11.8 Å². The molecule has 3 aromatic heterocycles. The minimum absolute atomic E-state index is 0.0382. The predicted molar refractivity (Wildman–Crippen MR) is 105 cm³/mol. The van der Waals surface area contributed by atoms with Crippen molar-refractivity contribution in [2.45, 2.75) is 39.3 Å². The van der Waals surface area contributed by atoms with Gasteiger partial charge in [-0.1, -0.05) is 6.07 Å². The fourth-order valence-electron chi connectivity index (χ4n) is 3.13.